The van der Waals surface area contributed by atoms with Gasteiger partial charge in [-0.3, -0.25) is 0 Å². The lowest BCUT2D eigenvalue weighted by molar-refractivity contribution is 0.668. The molecule has 0 atom stereocenters. The molecule has 358 valence electrons. The minimum atomic E-state index is 0.876. The maximum atomic E-state index is 6.37. The zero-order chi connectivity index (χ0) is 50.3. The third-order valence-corrected chi connectivity index (χ3v) is 17.3. The smallest absolute Gasteiger partial charge is 0.135 e. The van der Waals surface area contributed by atoms with Gasteiger partial charge in [-0.15, -0.1) is 11.3 Å². The largest absolute Gasteiger partial charge is 0.456 e. The van der Waals surface area contributed by atoms with E-state index in [0.717, 1.165) is 78.0 Å². The monoisotopic (exact) mass is 998 g/mol. The first-order valence-corrected chi connectivity index (χ1v) is 27.0. The Morgan fingerprint density at radius 1 is 0.234 bits per heavy atom. The topological polar surface area (TPSA) is 32.8 Å². The summed E-state index contributed by atoms with van der Waals surface area (Å²) in [5.41, 5.74) is 10.0. The minimum absolute atomic E-state index is 0.876. The third-order valence-electron chi connectivity index (χ3n) is 16.1. The summed E-state index contributed by atoms with van der Waals surface area (Å²) in [4.78, 5) is 4.84. The normalized spacial score (nSPS) is 12.2. The fourth-order valence-electron chi connectivity index (χ4n) is 12.6. The van der Waals surface area contributed by atoms with Crippen LogP contribution in [0.25, 0.3) is 129 Å². The maximum Gasteiger partial charge on any atom is 0.135 e. The van der Waals surface area contributed by atoms with Crippen LogP contribution in [0.5, 0.6) is 0 Å². The Balaban J connectivity index is 0.873. The molecular weight excluding hydrogens is 957 g/mol. The molecule has 0 spiro atoms. The summed E-state index contributed by atoms with van der Waals surface area (Å²) in [6.45, 7) is 0. The molecule has 0 amide bonds. The van der Waals surface area contributed by atoms with Gasteiger partial charge in [-0.2, -0.15) is 0 Å². The molecule has 17 rings (SSSR count). The average Bonchev–Trinajstić information content (AvgIpc) is 4.29. The number of thiophene rings is 1. The first kappa shape index (κ1) is 42.4. The number of para-hydroxylation sites is 2. The lowest BCUT2D eigenvalue weighted by Gasteiger charge is -2.27. The number of furan rings is 2. The van der Waals surface area contributed by atoms with Crippen LogP contribution in [0, 0.1) is 0 Å². The van der Waals surface area contributed by atoms with Gasteiger partial charge in [0.2, 0.25) is 0 Å². The predicted molar refractivity (Wildman–Crippen MR) is 328 cm³/mol. The molecule has 14 aromatic carbocycles. The molecule has 4 nitrogen and oxygen atoms in total. The molecule has 0 aliphatic heterocycles. The van der Waals surface area contributed by atoms with Gasteiger partial charge in [-0.25, -0.2) is 0 Å². The van der Waals surface area contributed by atoms with Crippen molar-refractivity contribution >= 4 is 174 Å². The molecule has 0 aliphatic carbocycles. The molecule has 77 heavy (non-hydrogen) atoms. The molecule has 3 heterocycles. The van der Waals surface area contributed by atoms with E-state index in [-0.39, 0.29) is 0 Å². The Morgan fingerprint density at radius 3 is 1.14 bits per heavy atom. The summed E-state index contributed by atoms with van der Waals surface area (Å²) in [6, 6.07) is 93.2. The first-order valence-electron chi connectivity index (χ1n) is 26.2. The number of hydrogen-bond donors (Lipinski definition) is 0. The number of fused-ring (bicyclic) bond motifs is 20. The van der Waals surface area contributed by atoms with Crippen molar-refractivity contribution in [2.45, 2.75) is 0 Å². The van der Waals surface area contributed by atoms with Gasteiger partial charge >= 0.3 is 0 Å². The second-order valence-electron chi connectivity index (χ2n) is 20.4. The third kappa shape index (κ3) is 6.45. The summed E-state index contributed by atoms with van der Waals surface area (Å²) < 4.78 is 15.3. The molecule has 0 N–H and O–H groups in total. The van der Waals surface area contributed by atoms with E-state index in [4.69, 9.17) is 8.83 Å². The highest BCUT2D eigenvalue weighted by Crippen LogP contribution is 2.49. The molecule has 0 aliphatic rings. The van der Waals surface area contributed by atoms with Crippen molar-refractivity contribution in [3.05, 3.63) is 255 Å². The zero-order valence-corrected chi connectivity index (χ0v) is 42.2. The SMILES string of the molecule is c1ccc2c(c1)ccc1ccc(N(c3ccc4c(c3)sc3c5ccc(N(c6ccc7ccc8ccccc8c7c6)c6ccc7oc8ccccc8c7c6)cc5c5ccccc5c43)c3ccc4oc5ccccc5c4c3)cc12. The van der Waals surface area contributed by atoms with Gasteiger partial charge in [-0.05, 0) is 156 Å². The quantitative estimate of drug-likeness (QED) is 0.155. The minimum Gasteiger partial charge on any atom is -0.456 e. The first-order chi connectivity index (χ1) is 38.1. The Morgan fingerprint density at radius 2 is 0.597 bits per heavy atom. The molecule has 17 aromatic rings. The van der Waals surface area contributed by atoms with Crippen LogP contribution in [0.2, 0.25) is 0 Å². The van der Waals surface area contributed by atoms with E-state index in [2.05, 4.69) is 252 Å². The van der Waals surface area contributed by atoms with Crippen LogP contribution in [-0.2, 0) is 0 Å². The highest BCUT2D eigenvalue weighted by atomic mass is 32.1. The Hall–Kier alpha value is -9.94. The van der Waals surface area contributed by atoms with Crippen LogP contribution < -0.4 is 9.80 Å². The lowest BCUT2D eigenvalue weighted by atomic mass is 9.96. The summed E-state index contributed by atoms with van der Waals surface area (Å²) in [5.74, 6) is 0. The van der Waals surface area contributed by atoms with E-state index >= 15 is 0 Å². The molecule has 0 saturated carbocycles. The van der Waals surface area contributed by atoms with Crippen LogP contribution in [0.4, 0.5) is 34.1 Å². The number of nitrogens with zero attached hydrogens (tertiary/aromatic N) is 2. The van der Waals surface area contributed by atoms with Gasteiger partial charge in [0, 0.05) is 81.2 Å². The van der Waals surface area contributed by atoms with Crippen molar-refractivity contribution in [1.29, 1.82) is 0 Å². The molecule has 0 bridgehead atoms. The molecule has 0 fully saturated rings. The summed E-state index contributed by atoms with van der Waals surface area (Å²) >= 11 is 1.89. The van der Waals surface area contributed by atoms with Crippen LogP contribution in [0.1, 0.15) is 0 Å². The van der Waals surface area contributed by atoms with Crippen LogP contribution in [-0.4, -0.2) is 0 Å². The van der Waals surface area contributed by atoms with Gasteiger partial charge in [0.1, 0.15) is 22.3 Å². The summed E-state index contributed by atoms with van der Waals surface area (Å²) in [6.07, 6.45) is 0. The predicted octanol–water partition coefficient (Wildman–Crippen LogP) is 21.7. The van der Waals surface area contributed by atoms with Crippen molar-refractivity contribution in [2.75, 3.05) is 9.80 Å². The Bertz CT molecular complexity index is 5330. The zero-order valence-electron chi connectivity index (χ0n) is 41.4. The molecule has 0 radical (unpaired) electrons. The van der Waals surface area contributed by atoms with Crippen LogP contribution in [0.3, 0.4) is 0 Å². The number of benzene rings is 14. The van der Waals surface area contributed by atoms with Crippen molar-refractivity contribution in [2.24, 2.45) is 0 Å². The van der Waals surface area contributed by atoms with Gasteiger partial charge in [0.15, 0.2) is 0 Å². The standard InChI is InChI=1S/C72H42N2O2S/c1-3-13-53-43(11-1)21-23-45-25-27-47(37-61(45)53)73(50-31-35-68-64(40-50)56-16-7-9-19-66(56)75-68)49-29-33-59-63(39-49)55-15-5-6-18-58(55)71-60-34-30-52(42-70(60)77-72(59)71)74(51-32-36-69-65(41-51)57-17-8-10-20-67(57)76-69)48-28-26-46-24-22-44-12-2-4-14-54(44)62(46)38-48/h1-42H. The maximum absolute atomic E-state index is 6.37. The van der Waals surface area contributed by atoms with E-state index in [1.807, 2.05) is 23.5 Å². The summed E-state index contributed by atoms with van der Waals surface area (Å²) in [5, 5.41) is 21.7. The van der Waals surface area contributed by atoms with E-state index < -0.39 is 0 Å². The Labute approximate surface area is 445 Å². The number of hydrogen-bond acceptors (Lipinski definition) is 5. The molecular formula is C72H42N2O2S. The Kier molecular flexibility index (Phi) is 8.97. The second kappa shape index (κ2) is 16.3. The van der Waals surface area contributed by atoms with Gasteiger partial charge in [-0.1, -0.05) is 158 Å². The van der Waals surface area contributed by atoms with Crippen molar-refractivity contribution in [1.82, 2.24) is 0 Å². The second-order valence-corrected chi connectivity index (χ2v) is 21.4. The molecule has 5 heteroatoms. The fraction of sp³-hybridized carbons (Fsp3) is 0. The highest BCUT2D eigenvalue weighted by Gasteiger charge is 2.22. The van der Waals surface area contributed by atoms with Crippen molar-refractivity contribution < 1.29 is 8.83 Å². The van der Waals surface area contributed by atoms with Crippen LogP contribution in [0.15, 0.2) is 264 Å². The highest BCUT2D eigenvalue weighted by molar-refractivity contribution is 7.27. The molecule has 3 aromatic heterocycles. The lowest BCUT2D eigenvalue weighted by Crippen LogP contribution is -2.10. The van der Waals surface area contributed by atoms with Gasteiger partial charge in [0.25, 0.3) is 0 Å². The van der Waals surface area contributed by atoms with E-state index in [0.29, 0.717) is 0 Å². The fourth-order valence-corrected chi connectivity index (χ4v) is 13.9. The van der Waals surface area contributed by atoms with Crippen molar-refractivity contribution in [3.8, 4) is 0 Å². The van der Waals surface area contributed by atoms with Crippen molar-refractivity contribution in [3.63, 3.8) is 0 Å². The van der Waals surface area contributed by atoms with E-state index in [1.54, 1.807) is 0 Å². The van der Waals surface area contributed by atoms with E-state index in [9.17, 15) is 0 Å². The number of anilines is 6. The molecule has 0 saturated heterocycles. The molecule has 0 unspecified atom stereocenters. The average molecular weight is 999 g/mol. The summed E-state index contributed by atoms with van der Waals surface area (Å²) in [7, 11) is 0. The van der Waals surface area contributed by atoms with Crippen LogP contribution >= 0.6 is 11.3 Å². The van der Waals surface area contributed by atoms with E-state index in [1.165, 1.54) is 84.8 Å². The van der Waals surface area contributed by atoms with Gasteiger partial charge < -0.3 is 18.6 Å². The number of rotatable bonds is 6. The van der Waals surface area contributed by atoms with Gasteiger partial charge in [0.05, 0.1) is 0 Å².